The Morgan fingerprint density at radius 1 is 0.917 bits per heavy atom. The molecule has 36 heavy (non-hydrogen) atoms. The van der Waals surface area contributed by atoms with E-state index in [-0.39, 0.29) is 18.2 Å². The van der Waals surface area contributed by atoms with Crippen LogP contribution in [-0.4, -0.2) is 27.4 Å². The van der Waals surface area contributed by atoms with Crippen LogP contribution < -0.4 is 19.7 Å². The lowest BCUT2D eigenvalue weighted by atomic mass is 10.0. The summed E-state index contributed by atoms with van der Waals surface area (Å²) in [7, 11) is 0. The summed E-state index contributed by atoms with van der Waals surface area (Å²) < 4.78 is 13.7. The van der Waals surface area contributed by atoms with E-state index in [1.807, 2.05) is 69.4 Å². The number of hydrogen-bond donors (Lipinski definition) is 1. The van der Waals surface area contributed by atoms with Gasteiger partial charge in [-0.3, -0.25) is 4.98 Å². The summed E-state index contributed by atoms with van der Waals surface area (Å²) in [5.74, 6) is 1.69. The minimum atomic E-state index is -0.123. The van der Waals surface area contributed by atoms with Crippen LogP contribution in [-0.2, 0) is 0 Å². The van der Waals surface area contributed by atoms with Gasteiger partial charge in [-0.25, -0.2) is 0 Å². The SMILES string of the molecule is CCOc1ccc(-n2cccc2[C@@H]2[C@@H](c3ccccn3)NC(=S)N2c2ccc(OC(C)C)cc2)cc1. The maximum Gasteiger partial charge on any atom is 0.174 e. The highest BCUT2D eigenvalue weighted by molar-refractivity contribution is 7.80. The molecule has 1 aliphatic heterocycles. The van der Waals surface area contributed by atoms with Crippen molar-refractivity contribution in [3.63, 3.8) is 0 Å². The predicted molar refractivity (Wildman–Crippen MR) is 147 cm³/mol. The van der Waals surface area contributed by atoms with Crippen molar-refractivity contribution in [2.45, 2.75) is 39.0 Å². The zero-order valence-corrected chi connectivity index (χ0v) is 21.5. The predicted octanol–water partition coefficient (Wildman–Crippen LogP) is 6.24. The third-order valence-electron chi connectivity index (χ3n) is 6.09. The molecule has 0 aliphatic carbocycles. The first-order valence-electron chi connectivity index (χ1n) is 12.2. The average molecular weight is 499 g/mol. The summed E-state index contributed by atoms with van der Waals surface area (Å²) in [6.45, 7) is 6.68. The summed E-state index contributed by atoms with van der Waals surface area (Å²) in [5, 5.41) is 4.20. The van der Waals surface area contributed by atoms with Crippen molar-refractivity contribution in [3.05, 3.63) is 103 Å². The molecule has 0 bridgehead atoms. The second kappa shape index (κ2) is 10.4. The quantitative estimate of drug-likeness (QED) is 0.291. The number of rotatable bonds is 8. The summed E-state index contributed by atoms with van der Waals surface area (Å²) in [6.07, 6.45) is 4.02. The second-order valence-corrected chi connectivity index (χ2v) is 9.27. The van der Waals surface area contributed by atoms with Crippen molar-refractivity contribution in [2.75, 3.05) is 11.5 Å². The van der Waals surface area contributed by atoms with E-state index in [9.17, 15) is 0 Å². The number of hydrogen-bond acceptors (Lipinski definition) is 4. The van der Waals surface area contributed by atoms with E-state index in [2.05, 4.69) is 62.4 Å². The molecule has 7 heteroatoms. The fourth-order valence-corrected chi connectivity index (χ4v) is 4.98. The fourth-order valence-electron chi connectivity index (χ4n) is 4.63. The minimum Gasteiger partial charge on any atom is -0.494 e. The van der Waals surface area contributed by atoms with Crippen molar-refractivity contribution in [1.29, 1.82) is 0 Å². The molecule has 3 heterocycles. The van der Waals surface area contributed by atoms with Crippen molar-refractivity contribution >= 4 is 23.0 Å². The van der Waals surface area contributed by atoms with Gasteiger partial charge < -0.3 is 24.3 Å². The van der Waals surface area contributed by atoms with Gasteiger partial charge >= 0.3 is 0 Å². The minimum absolute atomic E-state index is 0.115. The Hall–Kier alpha value is -3.84. The molecule has 1 fully saturated rings. The van der Waals surface area contributed by atoms with Crippen LogP contribution in [0, 0.1) is 0 Å². The van der Waals surface area contributed by atoms with E-state index in [1.54, 1.807) is 0 Å². The maximum atomic E-state index is 5.89. The van der Waals surface area contributed by atoms with E-state index in [0.717, 1.165) is 34.3 Å². The maximum absolute atomic E-state index is 5.89. The molecule has 0 unspecified atom stereocenters. The highest BCUT2D eigenvalue weighted by atomic mass is 32.1. The van der Waals surface area contributed by atoms with Crippen LogP contribution in [0.25, 0.3) is 5.69 Å². The summed E-state index contributed by atoms with van der Waals surface area (Å²) in [4.78, 5) is 6.84. The van der Waals surface area contributed by atoms with Gasteiger partial charge in [-0.05, 0) is 106 Å². The molecule has 1 aliphatic rings. The van der Waals surface area contributed by atoms with Crippen LogP contribution >= 0.6 is 12.2 Å². The molecule has 4 aromatic rings. The van der Waals surface area contributed by atoms with Crippen LogP contribution in [0.15, 0.2) is 91.3 Å². The lowest BCUT2D eigenvalue weighted by Crippen LogP contribution is -2.30. The van der Waals surface area contributed by atoms with Gasteiger partial charge in [0.15, 0.2) is 5.11 Å². The molecule has 184 valence electrons. The van der Waals surface area contributed by atoms with E-state index in [4.69, 9.17) is 21.7 Å². The van der Waals surface area contributed by atoms with Crippen molar-refractivity contribution in [3.8, 4) is 17.2 Å². The molecule has 0 amide bonds. The number of aromatic nitrogens is 2. The Labute approximate surface area is 217 Å². The molecular weight excluding hydrogens is 468 g/mol. The number of anilines is 1. The number of ether oxygens (including phenoxy) is 2. The number of thiocarbonyl (C=S) groups is 1. The third kappa shape index (κ3) is 4.79. The molecule has 2 aromatic heterocycles. The highest BCUT2D eigenvalue weighted by Gasteiger charge is 2.42. The van der Waals surface area contributed by atoms with Crippen LogP contribution in [0.1, 0.15) is 44.2 Å². The molecule has 5 rings (SSSR count). The van der Waals surface area contributed by atoms with Crippen LogP contribution in [0.4, 0.5) is 5.69 Å². The molecule has 0 spiro atoms. The van der Waals surface area contributed by atoms with Crippen molar-refractivity contribution < 1.29 is 9.47 Å². The highest BCUT2D eigenvalue weighted by Crippen LogP contribution is 2.42. The summed E-state index contributed by atoms with van der Waals surface area (Å²) in [5.41, 5.74) is 4.08. The van der Waals surface area contributed by atoms with Gasteiger partial charge in [-0.2, -0.15) is 0 Å². The van der Waals surface area contributed by atoms with Gasteiger partial charge in [0.25, 0.3) is 0 Å². The van der Waals surface area contributed by atoms with Gasteiger partial charge in [0.05, 0.1) is 24.4 Å². The molecule has 0 saturated carbocycles. The first-order valence-corrected chi connectivity index (χ1v) is 12.6. The monoisotopic (exact) mass is 498 g/mol. The summed E-state index contributed by atoms with van der Waals surface area (Å²) >= 11 is 5.89. The molecular formula is C29H30N4O2S. The van der Waals surface area contributed by atoms with Crippen molar-refractivity contribution in [2.24, 2.45) is 0 Å². The number of nitrogens with one attached hydrogen (secondary N) is 1. The van der Waals surface area contributed by atoms with Crippen LogP contribution in [0.5, 0.6) is 11.5 Å². The normalized spacial score (nSPS) is 17.3. The Balaban J connectivity index is 1.57. The molecule has 6 nitrogen and oxygen atoms in total. The van der Waals surface area contributed by atoms with E-state index >= 15 is 0 Å². The van der Waals surface area contributed by atoms with Gasteiger partial charge in [0.1, 0.15) is 17.5 Å². The molecule has 2 aromatic carbocycles. The van der Waals surface area contributed by atoms with Gasteiger partial charge in [-0.15, -0.1) is 0 Å². The fraction of sp³-hybridized carbons (Fsp3) is 0.241. The zero-order valence-electron chi connectivity index (χ0n) is 20.7. The number of pyridine rings is 1. The van der Waals surface area contributed by atoms with Gasteiger partial charge in [0, 0.05) is 29.5 Å². The summed E-state index contributed by atoms with van der Waals surface area (Å²) in [6, 6.07) is 26.2. The molecule has 0 radical (unpaired) electrons. The standard InChI is InChI=1S/C29H30N4O2S/c1-4-34-23-14-10-21(11-15-23)32-19-7-9-26(32)28-27(25-8-5-6-18-30-25)31-29(36)33(28)22-12-16-24(17-13-22)35-20(2)3/h5-20,27-28H,4H2,1-3H3,(H,31,36)/t27-,28-/m1/s1. The second-order valence-electron chi connectivity index (χ2n) is 8.89. The molecule has 1 saturated heterocycles. The van der Waals surface area contributed by atoms with Crippen LogP contribution in [0.2, 0.25) is 0 Å². The molecule has 1 N–H and O–H groups in total. The van der Waals surface area contributed by atoms with Crippen LogP contribution in [0.3, 0.4) is 0 Å². The third-order valence-corrected chi connectivity index (χ3v) is 6.41. The Bertz CT molecular complexity index is 1300. The first kappa shape index (κ1) is 23.9. The lowest BCUT2D eigenvalue weighted by molar-refractivity contribution is 0.242. The van der Waals surface area contributed by atoms with Gasteiger partial charge in [0.2, 0.25) is 0 Å². The smallest absolute Gasteiger partial charge is 0.174 e. The topological polar surface area (TPSA) is 51.5 Å². The van der Waals surface area contributed by atoms with E-state index in [1.165, 1.54) is 0 Å². The molecule has 2 atom stereocenters. The Morgan fingerprint density at radius 2 is 1.64 bits per heavy atom. The van der Waals surface area contributed by atoms with Gasteiger partial charge in [-0.1, -0.05) is 6.07 Å². The van der Waals surface area contributed by atoms with Crippen molar-refractivity contribution in [1.82, 2.24) is 14.9 Å². The first-order chi connectivity index (χ1) is 17.5. The Morgan fingerprint density at radius 3 is 2.31 bits per heavy atom. The zero-order chi connectivity index (χ0) is 25.1. The lowest BCUT2D eigenvalue weighted by Gasteiger charge is -2.29. The Kier molecular flexibility index (Phi) is 6.91. The number of nitrogens with zero attached hydrogens (tertiary/aromatic N) is 3. The largest absolute Gasteiger partial charge is 0.494 e. The van der Waals surface area contributed by atoms with E-state index < -0.39 is 0 Å². The average Bonchev–Trinajstić information content (AvgIpc) is 3.50. The van der Waals surface area contributed by atoms with E-state index in [0.29, 0.717) is 11.7 Å². The number of benzene rings is 2.